The first-order chi connectivity index (χ1) is 9.08. The molecule has 1 aromatic carbocycles. The maximum Gasteiger partial charge on any atom is 0.387 e. The van der Waals surface area contributed by atoms with Crippen LogP contribution >= 0.6 is 0 Å². The van der Waals surface area contributed by atoms with Crippen LogP contribution in [0.2, 0.25) is 0 Å². The number of carbonyl (C=O) groups excluding carboxylic acids is 1. The van der Waals surface area contributed by atoms with Crippen LogP contribution < -0.4 is 4.74 Å². The topological polar surface area (TPSA) is 39.2 Å². The molecule has 0 fully saturated rings. The highest BCUT2D eigenvalue weighted by Crippen LogP contribution is 2.21. The lowest BCUT2D eigenvalue weighted by Crippen LogP contribution is -2.06. The summed E-state index contributed by atoms with van der Waals surface area (Å²) in [6, 6.07) is 6.16. The van der Waals surface area contributed by atoms with Crippen LogP contribution in [-0.4, -0.2) is 17.4 Å². The quantitative estimate of drug-likeness (QED) is 0.799. The molecule has 0 aliphatic rings. The highest BCUT2D eigenvalue weighted by Gasteiger charge is 2.14. The van der Waals surface area contributed by atoms with Gasteiger partial charge in [0.1, 0.15) is 0 Å². The minimum absolute atomic E-state index is 0.0344. The molecule has 19 heavy (non-hydrogen) atoms. The van der Waals surface area contributed by atoms with E-state index in [0.29, 0.717) is 0 Å². The molecule has 98 valence electrons. The summed E-state index contributed by atoms with van der Waals surface area (Å²) in [6.45, 7) is -3.12. The van der Waals surface area contributed by atoms with Crippen LogP contribution in [0.4, 0.5) is 13.2 Å². The zero-order chi connectivity index (χ0) is 13.8. The molecule has 6 heteroatoms. The Hall–Kier alpha value is -2.37. The van der Waals surface area contributed by atoms with Crippen molar-refractivity contribution >= 4 is 5.78 Å². The zero-order valence-electron chi connectivity index (χ0n) is 9.52. The Morgan fingerprint density at radius 3 is 2.58 bits per heavy atom. The van der Waals surface area contributed by atoms with E-state index in [1.165, 1.54) is 24.5 Å². The molecule has 0 radical (unpaired) electrons. The Kier molecular flexibility index (Phi) is 3.79. The fraction of sp³-hybridized carbons (Fsp3) is 0.0769. The molecule has 1 aromatic heterocycles. The van der Waals surface area contributed by atoms with Crippen molar-refractivity contribution in [1.29, 1.82) is 0 Å². The summed E-state index contributed by atoms with van der Waals surface area (Å²) in [6.07, 6.45) is 2.83. The molecule has 0 amide bonds. The van der Waals surface area contributed by atoms with Crippen molar-refractivity contribution in [3.05, 3.63) is 59.7 Å². The molecule has 0 aliphatic carbocycles. The minimum atomic E-state index is -3.12. The first-order valence-corrected chi connectivity index (χ1v) is 5.27. The van der Waals surface area contributed by atoms with Crippen molar-refractivity contribution in [3.8, 4) is 5.75 Å². The fourth-order valence-corrected chi connectivity index (χ4v) is 1.50. The molecule has 0 bridgehead atoms. The van der Waals surface area contributed by atoms with Gasteiger partial charge in [-0.1, -0.05) is 0 Å². The lowest BCUT2D eigenvalue weighted by molar-refractivity contribution is -0.0521. The molecule has 0 saturated heterocycles. The van der Waals surface area contributed by atoms with Crippen LogP contribution in [0, 0.1) is 5.82 Å². The number of pyridine rings is 1. The van der Waals surface area contributed by atoms with Gasteiger partial charge in [-0.3, -0.25) is 9.78 Å². The van der Waals surface area contributed by atoms with Crippen molar-refractivity contribution in [2.75, 3.05) is 0 Å². The van der Waals surface area contributed by atoms with Crippen LogP contribution in [-0.2, 0) is 0 Å². The number of halogens is 3. The van der Waals surface area contributed by atoms with Crippen LogP contribution in [0.5, 0.6) is 5.75 Å². The number of alkyl halides is 2. The summed E-state index contributed by atoms with van der Waals surface area (Å²) < 4.78 is 41.3. The molecular formula is C13H8F3NO2. The third-order valence-corrected chi connectivity index (χ3v) is 2.33. The number of hydrogen-bond donors (Lipinski definition) is 0. The smallest absolute Gasteiger partial charge is 0.387 e. The fourth-order valence-electron chi connectivity index (χ4n) is 1.50. The van der Waals surface area contributed by atoms with Gasteiger partial charge in [0.25, 0.3) is 0 Å². The molecule has 3 nitrogen and oxygen atoms in total. The second-order valence-electron chi connectivity index (χ2n) is 3.59. The lowest BCUT2D eigenvalue weighted by Gasteiger charge is -2.07. The number of aromatic nitrogens is 1. The molecule has 0 unspecified atom stereocenters. The summed E-state index contributed by atoms with van der Waals surface area (Å²) in [5.41, 5.74) is 0.316. The van der Waals surface area contributed by atoms with E-state index < -0.39 is 24.0 Å². The Balaban J connectivity index is 2.27. The lowest BCUT2D eigenvalue weighted by atomic mass is 10.0. The number of ketones is 1. The van der Waals surface area contributed by atoms with Gasteiger partial charge in [0, 0.05) is 23.5 Å². The molecular weight excluding hydrogens is 259 g/mol. The van der Waals surface area contributed by atoms with E-state index in [1.54, 1.807) is 6.07 Å². The molecule has 0 aliphatic heterocycles. The summed E-state index contributed by atoms with van der Waals surface area (Å²) in [5.74, 6) is -2.07. The van der Waals surface area contributed by atoms with E-state index >= 15 is 0 Å². The molecule has 2 rings (SSSR count). The van der Waals surface area contributed by atoms with Gasteiger partial charge in [-0.05, 0) is 30.3 Å². The van der Waals surface area contributed by atoms with Gasteiger partial charge in [0.15, 0.2) is 17.3 Å². The number of carbonyl (C=O) groups is 1. The molecule has 0 atom stereocenters. The third-order valence-electron chi connectivity index (χ3n) is 2.33. The van der Waals surface area contributed by atoms with Crippen molar-refractivity contribution in [3.63, 3.8) is 0 Å². The average molecular weight is 267 g/mol. The Labute approximate surface area is 106 Å². The molecule has 0 N–H and O–H groups in total. The number of nitrogens with zero attached hydrogens (tertiary/aromatic N) is 1. The van der Waals surface area contributed by atoms with Gasteiger partial charge >= 0.3 is 6.61 Å². The van der Waals surface area contributed by atoms with E-state index in [-0.39, 0.29) is 11.1 Å². The van der Waals surface area contributed by atoms with Gasteiger partial charge < -0.3 is 4.74 Å². The van der Waals surface area contributed by atoms with Crippen molar-refractivity contribution in [2.24, 2.45) is 0 Å². The van der Waals surface area contributed by atoms with E-state index in [2.05, 4.69) is 9.72 Å². The predicted octanol–water partition coefficient (Wildman–Crippen LogP) is 3.05. The maximum atomic E-state index is 13.5. The van der Waals surface area contributed by atoms with Crippen LogP contribution in [0.1, 0.15) is 15.9 Å². The number of ether oxygens (including phenoxy) is 1. The Morgan fingerprint density at radius 2 is 2.00 bits per heavy atom. The van der Waals surface area contributed by atoms with Gasteiger partial charge in [-0.2, -0.15) is 8.78 Å². The number of hydrogen-bond acceptors (Lipinski definition) is 3. The second kappa shape index (κ2) is 5.51. The standard InChI is InChI=1S/C13H8F3NO2/c14-10-6-8(3-4-11(10)19-13(15)16)12(18)9-2-1-5-17-7-9/h1-7,13H. The van der Waals surface area contributed by atoms with Crippen molar-refractivity contribution < 1.29 is 22.7 Å². The highest BCUT2D eigenvalue weighted by atomic mass is 19.3. The second-order valence-corrected chi connectivity index (χ2v) is 3.59. The molecule has 0 saturated carbocycles. The SMILES string of the molecule is O=C(c1cccnc1)c1ccc(OC(F)F)c(F)c1. The van der Waals surface area contributed by atoms with Crippen LogP contribution in [0.15, 0.2) is 42.7 Å². The van der Waals surface area contributed by atoms with E-state index in [9.17, 15) is 18.0 Å². The first-order valence-electron chi connectivity index (χ1n) is 5.27. The van der Waals surface area contributed by atoms with E-state index in [1.807, 2.05) is 0 Å². The molecule has 0 spiro atoms. The van der Waals surface area contributed by atoms with Crippen LogP contribution in [0.3, 0.4) is 0 Å². The summed E-state index contributed by atoms with van der Waals surface area (Å²) >= 11 is 0. The van der Waals surface area contributed by atoms with Gasteiger partial charge in [0.05, 0.1) is 0 Å². The predicted molar refractivity (Wildman–Crippen MR) is 60.7 cm³/mol. The van der Waals surface area contributed by atoms with E-state index in [4.69, 9.17) is 0 Å². The molecule has 1 heterocycles. The zero-order valence-corrected chi connectivity index (χ0v) is 9.52. The minimum Gasteiger partial charge on any atom is -0.432 e. The monoisotopic (exact) mass is 267 g/mol. The van der Waals surface area contributed by atoms with Gasteiger partial charge in [-0.25, -0.2) is 4.39 Å². The van der Waals surface area contributed by atoms with Gasteiger partial charge in [0.2, 0.25) is 0 Å². The Morgan fingerprint density at radius 1 is 1.21 bits per heavy atom. The van der Waals surface area contributed by atoms with Crippen molar-refractivity contribution in [2.45, 2.75) is 6.61 Å². The van der Waals surface area contributed by atoms with Crippen LogP contribution in [0.25, 0.3) is 0 Å². The average Bonchev–Trinajstić information content (AvgIpc) is 2.41. The molecule has 2 aromatic rings. The normalized spacial score (nSPS) is 10.5. The summed E-state index contributed by atoms with van der Waals surface area (Å²) in [7, 11) is 0. The number of rotatable bonds is 4. The van der Waals surface area contributed by atoms with E-state index in [0.717, 1.165) is 12.1 Å². The summed E-state index contributed by atoms with van der Waals surface area (Å²) in [4.78, 5) is 15.7. The summed E-state index contributed by atoms with van der Waals surface area (Å²) in [5, 5.41) is 0. The van der Waals surface area contributed by atoms with Crippen molar-refractivity contribution in [1.82, 2.24) is 4.98 Å². The largest absolute Gasteiger partial charge is 0.432 e. The number of benzene rings is 1. The Bertz CT molecular complexity index is 588. The first kappa shape index (κ1) is 13.1. The highest BCUT2D eigenvalue weighted by molar-refractivity contribution is 6.08. The van der Waals surface area contributed by atoms with Gasteiger partial charge in [-0.15, -0.1) is 0 Å². The maximum absolute atomic E-state index is 13.5. The third kappa shape index (κ3) is 3.09.